The molecule has 2 heterocycles. The zero-order valence-corrected chi connectivity index (χ0v) is 10.3. The minimum Gasteiger partial charge on any atom is -0.271 e. The molecular formula is C15H14N4. The Bertz CT molecular complexity index is 677. The van der Waals surface area contributed by atoms with Crippen LogP contribution in [-0.4, -0.2) is 9.97 Å². The van der Waals surface area contributed by atoms with Gasteiger partial charge in [-0.3, -0.25) is 15.8 Å². The average molecular weight is 250 g/mol. The number of nitrogens with zero attached hydrogens (tertiary/aromatic N) is 2. The number of hydrogen-bond acceptors (Lipinski definition) is 4. The van der Waals surface area contributed by atoms with Crippen molar-refractivity contribution in [2.24, 2.45) is 5.84 Å². The van der Waals surface area contributed by atoms with Crippen LogP contribution in [-0.2, 0) is 0 Å². The number of nitrogens with one attached hydrogen (secondary N) is 1. The first-order chi connectivity index (χ1) is 9.40. The quantitative estimate of drug-likeness (QED) is 0.552. The molecule has 0 aliphatic carbocycles. The lowest BCUT2D eigenvalue weighted by atomic mass is 9.97. The van der Waals surface area contributed by atoms with Crippen molar-refractivity contribution < 1.29 is 0 Å². The molecule has 0 saturated carbocycles. The van der Waals surface area contributed by atoms with Crippen LogP contribution in [0.15, 0.2) is 61.1 Å². The van der Waals surface area contributed by atoms with Crippen LogP contribution in [0.25, 0.3) is 10.9 Å². The van der Waals surface area contributed by atoms with E-state index in [1.54, 1.807) is 12.4 Å². The van der Waals surface area contributed by atoms with Crippen molar-refractivity contribution >= 4 is 10.9 Å². The normalized spacial score (nSPS) is 12.5. The van der Waals surface area contributed by atoms with E-state index in [2.05, 4.69) is 27.5 Å². The summed E-state index contributed by atoms with van der Waals surface area (Å²) in [5.41, 5.74) is 5.95. The molecule has 0 fully saturated rings. The average Bonchev–Trinajstić information content (AvgIpc) is 2.49. The van der Waals surface area contributed by atoms with E-state index < -0.39 is 0 Å². The maximum Gasteiger partial charge on any atom is 0.0731 e. The van der Waals surface area contributed by atoms with Crippen LogP contribution in [0, 0.1) is 0 Å². The molecule has 2 aromatic heterocycles. The Morgan fingerprint density at radius 3 is 2.68 bits per heavy atom. The third-order valence-corrected chi connectivity index (χ3v) is 3.17. The molecule has 19 heavy (non-hydrogen) atoms. The van der Waals surface area contributed by atoms with E-state index in [1.807, 2.05) is 36.5 Å². The molecule has 3 rings (SSSR count). The van der Waals surface area contributed by atoms with Gasteiger partial charge in [-0.15, -0.1) is 0 Å². The number of hydrogen-bond donors (Lipinski definition) is 2. The van der Waals surface area contributed by atoms with Crippen LogP contribution in [0.4, 0.5) is 0 Å². The van der Waals surface area contributed by atoms with Crippen molar-refractivity contribution in [3.05, 3.63) is 72.2 Å². The maximum absolute atomic E-state index is 5.73. The fourth-order valence-corrected chi connectivity index (χ4v) is 2.29. The Balaban J connectivity index is 2.17. The van der Waals surface area contributed by atoms with E-state index in [0.29, 0.717) is 0 Å². The molecule has 1 aromatic carbocycles. The molecule has 4 heteroatoms. The molecule has 1 atom stereocenters. The lowest BCUT2D eigenvalue weighted by Gasteiger charge is -2.18. The van der Waals surface area contributed by atoms with E-state index in [-0.39, 0.29) is 6.04 Å². The van der Waals surface area contributed by atoms with Gasteiger partial charge in [-0.05, 0) is 29.3 Å². The van der Waals surface area contributed by atoms with Gasteiger partial charge in [0.15, 0.2) is 0 Å². The molecule has 3 aromatic rings. The van der Waals surface area contributed by atoms with Gasteiger partial charge in [-0.2, -0.15) is 0 Å². The molecule has 0 amide bonds. The molecule has 0 aliphatic rings. The number of benzene rings is 1. The SMILES string of the molecule is NNC(c1cccnc1)c1cccc2ncccc12. The Kier molecular flexibility index (Phi) is 3.18. The van der Waals surface area contributed by atoms with Crippen LogP contribution >= 0.6 is 0 Å². The summed E-state index contributed by atoms with van der Waals surface area (Å²) >= 11 is 0. The summed E-state index contributed by atoms with van der Waals surface area (Å²) in [5.74, 6) is 5.73. The van der Waals surface area contributed by atoms with Crippen molar-refractivity contribution in [2.75, 3.05) is 0 Å². The second kappa shape index (κ2) is 5.14. The number of nitrogens with two attached hydrogens (primary N) is 1. The van der Waals surface area contributed by atoms with Crippen LogP contribution in [0.2, 0.25) is 0 Å². The van der Waals surface area contributed by atoms with E-state index in [1.165, 1.54) is 0 Å². The second-order valence-electron chi connectivity index (χ2n) is 4.30. The van der Waals surface area contributed by atoms with Gasteiger partial charge in [-0.1, -0.05) is 24.3 Å². The number of fused-ring (bicyclic) bond motifs is 1. The highest BCUT2D eigenvalue weighted by atomic mass is 15.2. The fraction of sp³-hybridized carbons (Fsp3) is 0.0667. The molecule has 0 radical (unpaired) electrons. The molecule has 0 aliphatic heterocycles. The summed E-state index contributed by atoms with van der Waals surface area (Å²) < 4.78 is 0. The van der Waals surface area contributed by atoms with E-state index in [0.717, 1.165) is 22.0 Å². The third-order valence-electron chi connectivity index (χ3n) is 3.17. The Morgan fingerprint density at radius 2 is 1.89 bits per heavy atom. The molecule has 3 N–H and O–H groups in total. The molecule has 94 valence electrons. The predicted molar refractivity (Wildman–Crippen MR) is 75.1 cm³/mol. The minimum atomic E-state index is -0.0957. The second-order valence-corrected chi connectivity index (χ2v) is 4.30. The van der Waals surface area contributed by atoms with Gasteiger partial charge in [0.25, 0.3) is 0 Å². The van der Waals surface area contributed by atoms with Crippen LogP contribution in [0.1, 0.15) is 17.2 Å². The number of aromatic nitrogens is 2. The first-order valence-electron chi connectivity index (χ1n) is 6.10. The van der Waals surface area contributed by atoms with Crippen molar-refractivity contribution in [3.63, 3.8) is 0 Å². The lowest BCUT2D eigenvalue weighted by Crippen LogP contribution is -2.29. The summed E-state index contributed by atoms with van der Waals surface area (Å²) in [6.07, 6.45) is 5.36. The lowest BCUT2D eigenvalue weighted by molar-refractivity contribution is 0.638. The van der Waals surface area contributed by atoms with Crippen molar-refractivity contribution in [3.8, 4) is 0 Å². The van der Waals surface area contributed by atoms with Gasteiger partial charge >= 0.3 is 0 Å². The molecular weight excluding hydrogens is 236 g/mol. The van der Waals surface area contributed by atoms with Crippen LogP contribution in [0.3, 0.4) is 0 Å². The monoisotopic (exact) mass is 250 g/mol. The molecule has 0 saturated heterocycles. The predicted octanol–water partition coefficient (Wildman–Crippen LogP) is 2.18. The van der Waals surface area contributed by atoms with E-state index in [4.69, 9.17) is 5.84 Å². The number of pyridine rings is 2. The van der Waals surface area contributed by atoms with E-state index in [9.17, 15) is 0 Å². The van der Waals surface area contributed by atoms with Crippen molar-refractivity contribution in [1.29, 1.82) is 0 Å². The Labute approximate surface area is 111 Å². The fourth-order valence-electron chi connectivity index (χ4n) is 2.29. The van der Waals surface area contributed by atoms with Gasteiger partial charge < -0.3 is 0 Å². The number of rotatable bonds is 3. The summed E-state index contributed by atoms with van der Waals surface area (Å²) in [5, 5.41) is 1.09. The van der Waals surface area contributed by atoms with Gasteiger partial charge in [0.2, 0.25) is 0 Å². The Morgan fingerprint density at radius 1 is 1.00 bits per heavy atom. The van der Waals surface area contributed by atoms with Crippen molar-refractivity contribution in [2.45, 2.75) is 6.04 Å². The molecule has 0 bridgehead atoms. The van der Waals surface area contributed by atoms with Crippen molar-refractivity contribution in [1.82, 2.24) is 15.4 Å². The summed E-state index contributed by atoms with van der Waals surface area (Å²) in [7, 11) is 0. The topological polar surface area (TPSA) is 63.8 Å². The van der Waals surface area contributed by atoms with Gasteiger partial charge in [0.05, 0.1) is 11.6 Å². The standard InChI is InChI=1S/C15H14N4/c16-19-15(11-4-2-8-17-10-11)13-5-1-7-14-12(13)6-3-9-18-14/h1-10,15,19H,16H2. The molecule has 1 unspecified atom stereocenters. The molecule has 0 spiro atoms. The highest BCUT2D eigenvalue weighted by Crippen LogP contribution is 2.26. The van der Waals surface area contributed by atoms with Crippen LogP contribution < -0.4 is 11.3 Å². The first kappa shape index (κ1) is 11.8. The maximum atomic E-state index is 5.73. The zero-order valence-electron chi connectivity index (χ0n) is 10.3. The highest BCUT2D eigenvalue weighted by molar-refractivity contribution is 5.82. The summed E-state index contributed by atoms with van der Waals surface area (Å²) in [6.45, 7) is 0. The largest absolute Gasteiger partial charge is 0.271 e. The Hall–Kier alpha value is -2.30. The van der Waals surface area contributed by atoms with Gasteiger partial charge in [-0.25, -0.2) is 5.43 Å². The zero-order chi connectivity index (χ0) is 13.1. The van der Waals surface area contributed by atoms with Crippen LogP contribution in [0.5, 0.6) is 0 Å². The number of hydrazine groups is 1. The summed E-state index contributed by atoms with van der Waals surface area (Å²) in [4.78, 5) is 8.52. The molecule has 4 nitrogen and oxygen atoms in total. The highest BCUT2D eigenvalue weighted by Gasteiger charge is 2.15. The van der Waals surface area contributed by atoms with E-state index >= 15 is 0 Å². The smallest absolute Gasteiger partial charge is 0.0731 e. The van der Waals surface area contributed by atoms with Gasteiger partial charge in [0, 0.05) is 24.0 Å². The summed E-state index contributed by atoms with van der Waals surface area (Å²) in [6, 6.07) is 13.8. The minimum absolute atomic E-state index is 0.0957. The first-order valence-corrected chi connectivity index (χ1v) is 6.10. The third kappa shape index (κ3) is 2.19. The van der Waals surface area contributed by atoms with Gasteiger partial charge in [0.1, 0.15) is 0 Å².